The van der Waals surface area contributed by atoms with Crippen LogP contribution in [0.15, 0.2) is 22.0 Å². The van der Waals surface area contributed by atoms with E-state index in [-0.39, 0.29) is 36.8 Å². The van der Waals surface area contributed by atoms with Crippen molar-refractivity contribution in [3.05, 3.63) is 23.4 Å². The van der Waals surface area contributed by atoms with E-state index in [0.717, 1.165) is 18.0 Å². The van der Waals surface area contributed by atoms with Gasteiger partial charge in [0.15, 0.2) is 0 Å². The highest BCUT2D eigenvalue weighted by atomic mass is 35.5. The summed E-state index contributed by atoms with van der Waals surface area (Å²) in [5, 5.41) is 9.17. The molecule has 2 aromatic heterocycles. The lowest BCUT2D eigenvalue weighted by Gasteiger charge is -2.36. The molecule has 1 unspecified atom stereocenters. The third kappa shape index (κ3) is 6.40. The highest BCUT2D eigenvalue weighted by molar-refractivity contribution is 7.13. The molecule has 0 spiro atoms. The van der Waals surface area contributed by atoms with Gasteiger partial charge >= 0.3 is 0 Å². The maximum absolute atomic E-state index is 12.2. The van der Waals surface area contributed by atoms with Gasteiger partial charge in [-0.3, -0.25) is 9.69 Å². The average molecular weight is 452 g/mol. The number of hydrogen-bond acceptors (Lipinski definition) is 8. The predicted molar refractivity (Wildman–Crippen MR) is 113 cm³/mol. The summed E-state index contributed by atoms with van der Waals surface area (Å²) >= 11 is 1.59. The van der Waals surface area contributed by atoms with Crippen LogP contribution in [-0.4, -0.2) is 78.8 Å². The van der Waals surface area contributed by atoms with E-state index in [2.05, 4.69) is 27.3 Å². The van der Waals surface area contributed by atoms with E-state index < -0.39 is 0 Å². The van der Waals surface area contributed by atoms with Gasteiger partial charge in [-0.05, 0) is 18.4 Å². The zero-order valence-corrected chi connectivity index (χ0v) is 18.4. The number of hydrogen-bond donors (Lipinski definition) is 1. The fourth-order valence-corrected chi connectivity index (χ4v) is 3.56. The quantitative estimate of drug-likeness (QED) is 0.614. The zero-order valence-electron chi connectivity index (χ0n) is 16.0. The number of halogens is 2. The van der Waals surface area contributed by atoms with E-state index >= 15 is 0 Å². The van der Waals surface area contributed by atoms with Gasteiger partial charge in [0.2, 0.25) is 17.6 Å². The number of nitrogens with zero attached hydrogens (tertiary/aromatic N) is 4. The van der Waals surface area contributed by atoms with Gasteiger partial charge in [0.25, 0.3) is 0 Å². The van der Waals surface area contributed by atoms with Crippen LogP contribution in [0.2, 0.25) is 0 Å². The molecule has 11 heteroatoms. The first kappa shape index (κ1) is 24.8. The number of piperazine rings is 1. The second kappa shape index (κ2) is 12.4. The van der Waals surface area contributed by atoms with Crippen LogP contribution in [0, 0.1) is 0 Å². The molecule has 0 saturated carbocycles. The Hall–Kier alpha value is -1.23. The number of carbonyl (C=O) groups is 1. The van der Waals surface area contributed by atoms with Crippen molar-refractivity contribution < 1.29 is 14.1 Å². The SMILES string of the molecule is COCCNCC(=O)N1CCN(C(C)c2nc(-c3cccs3)no2)CC1.Cl.Cl. The Kier molecular flexibility index (Phi) is 10.9. The third-order valence-electron chi connectivity index (χ3n) is 4.51. The minimum absolute atomic E-state index is 0. The smallest absolute Gasteiger partial charge is 0.244 e. The van der Waals surface area contributed by atoms with Gasteiger partial charge in [-0.2, -0.15) is 4.98 Å². The number of ether oxygens (including phenoxy) is 1. The summed E-state index contributed by atoms with van der Waals surface area (Å²) < 4.78 is 10.4. The average Bonchev–Trinajstić information content (AvgIpc) is 3.36. The Labute approximate surface area is 181 Å². The van der Waals surface area contributed by atoms with E-state index in [4.69, 9.17) is 9.26 Å². The third-order valence-corrected chi connectivity index (χ3v) is 5.38. The highest BCUT2D eigenvalue weighted by Gasteiger charge is 2.27. The van der Waals surface area contributed by atoms with Crippen molar-refractivity contribution in [3.63, 3.8) is 0 Å². The van der Waals surface area contributed by atoms with Gasteiger partial charge in [-0.1, -0.05) is 11.2 Å². The first-order chi connectivity index (χ1) is 12.7. The van der Waals surface area contributed by atoms with Crippen LogP contribution >= 0.6 is 36.2 Å². The summed E-state index contributed by atoms with van der Waals surface area (Å²) in [7, 11) is 1.65. The molecule has 3 heterocycles. The molecule has 28 heavy (non-hydrogen) atoms. The zero-order chi connectivity index (χ0) is 18.4. The lowest BCUT2D eigenvalue weighted by atomic mass is 10.2. The van der Waals surface area contributed by atoms with Crippen molar-refractivity contribution in [3.8, 4) is 10.7 Å². The fourth-order valence-electron chi connectivity index (χ4n) is 2.91. The van der Waals surface area contributed by atoms with Crippen LogP contribution in [0.5, 0.6) is 0 Å². The Morgan fingerprint density at radius 2 is 2.11 bits per heavy atom. The van der Waals surface area contributed by atoms with Gasteiger partial charge in [0.1, 0.15) is 0 Å². The van der Waals surface area contributed by atoms with Crippen LogP contribution in [0.1, 0.15) is 18.9 Å². The van der Waals surface area contributed by atoms with Crippen molar-refractivity contribution in [1.29, 1.82) is 0 Å². The molecular weight excluding hydrogens is 425 g/mol. The van der Waals surface area contributed by atoms with Crippen LogP contribution in [-0.2, 0) is 9.53 Å². The van der Waals surface area contributed by atoms with Crippen LogP contribution in [0.4, 0.5) is 0 Å². The molecule has 1 N–H and O–H groups in total. The molecule has 0 bridgehead atoms. The molecule has 1 aliphatic heterocycles. The van der Waals surface area contributed by atoms with Gasteiger partial charge in [-0.25, -0.2) is 0 Å². The topological polar surface area (TPSA) is 83.7 Å². The normalized spacial score (nSPS) is 15.6. The number of rotatable bonds is 8. The minimum Gasteiger partial charge on any atom is -0.383 e. The summed E-state index contributed by atoms with van der Waals surface area (Å²) in [5.41, 5.74) is 0. The Bertz CT molecular complexity index is 693. The molecule has 1 atom stereocenters. The van der Waals surface area contributed by atoms with Crippen molar-refractivity contribution in [2.75, 3.05) is 53.0 Å². The minimum atomic E-state index is 0. The molecule has 0 aromatic carbocycles. The van der Waals surface area contributed by atoms with Crippen LogP contribution in [0.25, 0.3) is 10.7 Å². The molecule has 158 valence electrons. The van der Waals surface area contributed by atoms with Crippen LogP contribution in [0.3, 0.4) is 0 Å². The summed E-state index contributed by atoms with van der Waals surface area (Å²) in [5.74, 6) is 1.39. The van der Waals surface area contributed by atoms with Gasteiger partial charge in [-0.15, -0.1) is 36.2 Å². The van der Waals surface area contributed by atoms with Gasteiger partial charge in [0.05, 0.1) is 24.1 Å². The first-order valence-corrected chi connectivity index (χ1v) is 9.66. The van der Waals surface area contributed by atoms with Crippen molar-refractivity contribution in [2.45, 2.75) is 13.0 Å². The van der Waals surface area contributed by atoms with Crippen molar-refractivity contribution in [1.82, 2.24) is 25.3 Å². The van der Waals surface area contributed by atoms with Gasteiger partial charge in [0, 0.05) is 39.8 Å². The van der Waals surface area contributed by atoms with E-state index in [1.807, 2.05) is 22.4 Å². The molecule has 0 radical (unpaired) electrons. The largest absolute Gasteiger partial charge is 0.383 e. The summed E-state index contributed by atoms with van der Waals surface area (Å²) in [6.45, 7) is 6.72. The molecule has 1 amide bonds. The maximum atomic E-state index is 12.2. The Morgan fingerprint density at radius 3 is 2.75 bits per heavy atom. The Balaban J connectivity index is 0.00000196. The molecular formula is C17H27Cl2N5O3S. The van der Waals surface area contributed by atoms with Crippen molar-refractivity contribution >= 4 is 42.1 Å². The summed E-state index contributed by atoms with van der Waals surface area (Å²) in [4.78, 5) is 21.9. The number of carbonyl (C=O) groups excluding carboxylic acids is 1. The second-order valence-corrected chi connectivity index (χ2v) is 7.14. The van der Waals surface area contributed by atoms with E-state index in [1.165, 1.54) is 0 Å². The molecule has 2 aromatic rings. The monoisotopic (exact) mass is 451 g/mol. The van der Waals surface area contributed by atoms with E-state index in [1.54, 1.807) is 18.4 Å². The molecule has 1 saturated heterocycles. The predicted octanol–water partition coefficient (Wildman–Crippen LogP) is 2.08. The number of methoxy groups -OCH3 is 1. The second-order valence-electron chi connectivity index (χ2n) is 6.20. The summed E-state index contributed by atoms with van der Waals surface area (Å²) in [6, 6.07) is 3.99. The molecule has 0 aliphatic carbocycles. The number of nitrogens with one attached hydrogen (secondary N) is 1. The molecule has 1 aliphatic rings. The fraction of sp³-hybridized carbons (Fsp3) is 0.588. The number of amides is 1. The lowest BCUT2D eigenvalue weighted by molar-refractivity contribution is -0.132. The lowest BCUT2D eigenvalue weighted by Crippen LogP contribution is -2.51. The molecule has 3 rings (SSSR count). The number of aromatic nitrogens is 2. The van der Waals surface area contributed by atoms with Gasteiger partial charge < -0.3 is 19.5 Å². The van der Waals surface area contributed by atoms with E-state index in [0.29, 0.717) is 44.5 Å². The molecule has 8 nitrogen and oxygen atoms in total. The van der Waals surface area contributed by atoms with Crippen LogP contribution < -0.4 is 5.32 Å². The standard InChI is InChI=1S/C17H25N5O3S.2ClH/c1-13(17-19-16(20-25-17)14-4-3-11-26-14)21-6-8-22(9-7-21)15(23)12-18-5-10-24-2;;/h3-4,11,13,18H,5-10,12H2,1-2H3;2*1H. The van der Waals surface area contributed by atoms with Crippen molar-refractivity contribution in [2.24, 2.45) is 0 Å². The maximum Gasteiger partial charge on any atom is 0.244 e. The number of thiophene rings is 1. The first-order valence-electron chi connectivity index (χ1n) is 8.78. The highest BCUT2D eigenvalue weighted by Crippen LogP contribution is 2.25. The Morgan fingerprint density at radius 1 is 1.36 bits per heavy atom. The van der Waals surface area contributed by atoms with E-state index in [9.17, 15) is 4.79 Å². The molecule has 1 fully saturated rings. The summed E-state index contributed by atoms with van der Waals surface area (Å²) in [6.07, 6.45) is 0.